The maximum absolute atomic E-state index is 13.3. The summed E-state index contributed by atoms with van der Waals surface area (Å²) in [5.41, 5.74) is 4.32. The van der Waals surface area contributed by atoms with Crippen LogP contribution in [0, 0.1) is 0 Å². The zero-order valence-electron chi connectivity index (χ0n) is 24.0. The lowest BCUT2D eigenvalue weighted by molar-refractivity contribution is -0.119. The Kier molecular flexibility index (Phi) is 9.52. The van der Waals surface area contributed by atoms with E-state index in [9.17, 15) is 9.59 Å². The first-order chi connectivity index (χ1) is 20.5. The van der Waals surface area contributed by atoms with Crippen LogP contribution in [0.15, 0.2) is 100 Å². The molecule has 42 heavy (non-hydrogen) atoms. The highest BCUT2D eigenvalue weighted by molar-refractivity contribution is 6.32. The zero-order chi connectivity index (χ0) is 29.5. The summed E-state index contributed by atoms with van der Waals surface area (Å²) in [7, 11) is 0. The number of rotatable bonds is 9. The van der Waals surface area contributed by atoms with Crippen molar-refractivity contribution in [3.05, 3.63) is 117 Å². The fourth-order valence-electron chi connectivity index (χ4n) is 5.29. The molecule has 216 valence electrons. The van der Waals surface area contributed by atoms with Gasteiger partial charge in [-0.3, -0.25) is 14.7 Å². The lowest BCUT2D eigenvalue weighted by Gasteiger charge is -2.36. The molecule has 0 atom stereocenters. The topological polar surface area (TPSA) is 78.7 Å². The van der Waals surface area contributed by atoms with Crippen molar-refractivity contribution < 1.29 is 9.21 Å². The van der Waals surface area contributed by atoms with Crippen molar-refractivity contribution in [2.24, 2.45) is 0 Å². The van der Waals surface area contributed by atoms with E-state index in [1.807, 2.05) is 56.3 Å². The quantitative estimate of drug-likeness (QED) is 0.183. The standard InChI is InChI=1S/C34H35ClN4O3/c1-3-5-11-26(4-2)37-32(40)20-29-33(24-10-9-14-36-22-24)28-19-25(30(35)21-31(28)42-34(29)41)23-38-15-17-39(18-16-38)27-12-7-6-8-13-27/h4-14,19,21-22H,3,15-18,20,23H2,1-2H3,(H,37,40)/b11-5-,26-4+. The van der Waals surface area contributed by atoms with Crippen LogP contribution in [0.3, 0.4) is 0 Å². The molecule has 4 aromatic rings. The third-order valence-electron chi connectivity index (χ3n) is 7.47. The van der Waals surface area contributed by atoms with Gasteiger partial charge in [-0.2, -0.15) is 0 Å². The van der Waals surface area contributed by atoms with Crippen LogP contribution in [0.1, 0.15) is 31.4 Å². The first-order valence-electron chi connectivity index (χ1n) is 14.3. The predicted molar refractivity (Wildman–Crippen MR) is 170 cm³/mol. The van der Waals surface area contributed by atoms with E-state index < -0.39 is 5.63 Å². The number of nitrogens with one attached hydrogen (secondary N) is 1. The van der Waals surface area contributed by atoms with E-state index in [4.69, 9.17) is 16.0 Å². The van der Waals surface area contributed by atoms with Crippen molar-refractivity contribution in [3.8, 4) is 11.1 Å². The monoisotopic (exact) mass is 582 g/mol. The van der Waals surface area contributed by atoms with E-state index in [1.54, 1.807) is 18.5 Å². The second-order valence-electron chi connectivity index (χ2n) is 10.3. The van der Waals surface area contributed by atoms with Gasteiger partial charge in [0.05, 0.1) is 12.0 Å². The number of carbonyl (C=O) groups excluding carboxylic acids is 1. The Balaban J connectivity index is 1.47. The van der Waals surface area contributed by atoms with E-state index in [-0.39, 0.29) is 17.9 Å². The molecule has 0 saturated carbocycles. The summed E-state index contributed by atoms with van der Waals surface area (Å²) in [6.07, 6.45) is 9.74. The van der Waals surface area contributed by atoms with Gasteiger partial charge in [0, 0.05) is 84.1 Å². The molecule has 5 rings (SSSR count). The lowest BCUT2D eigenvalue weighted by Crippen LogP contribution is -2.46. The van der Waals surface area contributed by atoms with Crippen LogP contribution >= 0.6 is 11.6 Å². The Morgan fingerprint density at radius 1 is 1.10 bits per heavy atom. The molecule has 3 heterocycles. The molecule has 7 nitrogen and oxygen atoms in total. The van der Waals surface area contributed by atoms with Crippen molar-refractivity contribution in [3.63, 3.8) is 0 Å². The van der Waals surface area contributed by atoms with E-state index in [0.717, 1.165) is 49.1 Å². The average Bonchev–Trinajstić information content (AvgIpc) is 3.01. The molecule has 2 aromatic carbocycles. The summed E-state index contributed by atoms with van der Waals surface area (Å²) < 4.78 is 5.75. The second-order valence-corrected chi connectivity index (χ2v) is 10.7. The minimum absolute atomic E-state index is 0.140. The molecule has 2 aromatic heterocycles. The number of benzene rings is 2. The fourth-order valence-corrected chi connectivity index (χ4v) is 5.51. The minimum atomic E-state index is -0.566. The van der Waals surface area contributed by atoms with Crippen LogP contribution in [0.25, 0.3) is 22.1 Å². The highest BCUT2D eigenvalue weighted by atomic mass is 35.5. The number of anilines is 1. The number of fused-ring (bicyclic) bond motifs is 1. The summed E-state index contributed by atoms with van der Waals surface area (Å²) >= 11 is 6.75. The van der Waals surface area contributed by atoms with Crippen molar-refractivity contribution in [1.29, 1.82) is 0 Å². The van der Waals surface area contributed by atoms with E-state index in [0.29, 0.717) is 28.4 Å². The fraction of sp³-hybridized carbons (Fsp3) is 0.265. The Morgan fingerprint density at radius 2 is 1.88 bits per heavy atom. The summed E-state index contributed by atoms with van der Waals surface area (Å²) in [6, 6.07) is 17.9. The highest BCUT2D eigenvalue weighted by Gasteiger charge is 2.23. The van der Waals surface area contributed by atoms with Crippen molar-refractivity contribution in [1.82, 2.24) is 15.2 Å². The van der Waals surface area contributed by atoms with Crippen molar-refractivity contribution in [2.45, 2.75) is 33.2 Å². The van der Waals surface area contributed by atoms with Gasteiger partial charge in [0.25, 0.3) is 0 Å². The number of allylic oxidation sites excluding steroid dienone is 3. The van der Waals surface area contributed by atoms with Crippen molar-refractivity contribution in [2.75, 3.05) is 31.1 Å². The Labute approximate surface area is 251 Å². The summed E-state index contributed by atoms with van der Waals surface area (Å²) in [4.78, 5) is 35.5. The smallest absolute Gasteiger partial charge is 0.340 e. The maximum Gasteiger partial charge on any atom is 0.340 e. The number of aromatic nitrogens is 1. The van der Waals surface area contributed by atoms with Crippen LogP contribution in [-0.4, -0.2) is 42.0 Å². The van der Waals surface area contributed by atoms with Gasteiger partial charge in [0.15, 0.2) is 0 Å². The number of hydrogen-bond donors (Lipinski definition) is 1. The van der Waals surface area contributed by atoms with Gasteiger partial charge < -0.3 is 14.6 Å². The van der Waals surface area contributed by atoms with E-state index in [2.05, 4.69) is 44.4 Å². The summed E-state index contributed by atoms with van der Waals surface area (Å²) in [6.45, 7) is 8.18. The molecule has 1 fully saturated rings. The first kappa shape index (κ1) is 29.3. The SMILES string of the molecule is C/C=C(\C=C/CC)NC(=O)Cc1c(-c2cccnc2)c2cc(CN3CCN(c4ccccc4)CC3)c(Cl)cc2oc1=O. The lowest BCUT2D eigenvalue weighted by atomic mass is 9.95. The molecule has 1 N–H and O–H groups in total. The Bertz CT molecular complexity index is 1660. The molecule has 1 saturated heterocycles. The number of piperazine rings is 1. The highest BCUT2D eigenvalue weighted by Crippen LogP contribution is 2.34. The van der Waals surface area contributed by atoms with Gasteiger partial charge in [0.1, 0.15) is 5.58 Å². The second kappa shape index (κ2) is 13.6. The zero-order valence-corrected chi connectivity index (χ0v) is 24.7. The number of pyridine rings is 1. The third kappa shape index (κ3) is 6.81. The van der Waals surface area contributed by atoms with Crippen LogP contribution in [-0.2, 0) is 17.8 Å². The first-order valence-corrected chi connectivity index (χ1v) is 14.7. The Morgan fingerprint density at radius 3 is 2.57 bits per heavy atom. The summed E-state index contributed by atoms with van der Waals surface area (Å²) in [5.74, 6) is -0.300. The molecule has 1 aliphatic rings. The molecule has 1 aliphatic heterocycles. The van der Waals surface area contributed by atoms with Gasteiger partial charge in [0.2, 0.25) is 5.91 Å². The molecule has 0 aliphatic carbocycles. The van der Waals surface area contributed by atoms with Crippen LogP contribution < -0.4 is 15.8 Å². The largest absolute Gasteiger partial charge is 0.422 e. The molecular weight excluding hydrogens is 548 g/mol. The van der Waals surface area contributed by atoms with Gasteiger partial charge in [-0.1, -0.05) is 54.9 Å². The van der Waals surface area contributed by atoms with E-state index >= 15 is 0 Å². The van der Waals surface area contributed by atoms with Crippen LogP contribution in [0.5, 0.6) is 0 Å². The van der Waals surface area contributed by atoms with Crippen LogP contribution in [0.4, 0.5) is 5.69 Å². The summed E-state index contributed by atoms with van der Waals surface area (Å²) in [5, 5.41) is 4.17. The van der Waals surface area contributed by atoms with Gasteiger partial charge >= 0.3 is 5.63 Å². The molecule has 0 radical (unpaired) electrons. The van der Waals surface area contributed by atoms with E-state index in [1.165, 1.54) is 5.69 Å². The third-order valence-corrected chi connectivity index (χ3v) is 7.82. The molecule has 0 unspecified atom stereocenters. The number of para-hydroxylation sites is 1. The van der Waals surface area contributed by atoms with Gasteiger partial charge in [-0.05, 0) is 49.2 Å². The average molecular weight is 583 g/mol. The molecule has 8 heteroatoms. The number of hydrogen-bond acceptors (Lipinski definition) is 6. The number of nitrogens with zero attached hydrogens (tertiary/aromatic N) is 3. The van der Waals surface area contributed by atoms with Gasteiger partial charge in [-0.25, -0.2) is 4.79 Å². The number of amides is 1. The maximum atomic E-state index is 13.3. The molecular formula is C34H35ClN4O3. The molecule has 0 spiro atoms. The number of carbonyl (C=O) groups is 1. The normalized spacial score (nSPS) is 14.5. The molecule has 0 bridgehead atoms. The van der Waals surface area contributed by atoms with Crippen molar-refractivity contribution >= 4 is 34.2 Å². The van der Waals surface area contributed by atoms with Gasteiger partial charge in [-0.15, -0.1) is 0 Å². The molecule has 1 amide bonds. The minimum Gasteiger partial charge on any atom is -0.422 e. The number of halogens is 1. The Hall–Kier alpha value is -4.20. The predicted octanol–water partition coefficient (Wildman–Crippen LogP) is 6.36. The van der Waals surface area contributed by atoms with Crippen LogP contribution in [0.2, 0.25) is 5.02 Å².